The molecule has 0 aromatic heterocycles. The molecule has 0 spiro atoms. The van der Waals surface area contributed by atoms with Crippen LogP contribution in [0, 0.1) is 17.2 Å². The van der Waals surface area contributed by atoms with Crippen LogP contribution in [0.15, 0.2) is 0 Å². The van der Waals surface area contributed by atoms with Gasteiger partial charge in [0, 0.05) is 7.11 Å². The lowest BCUT2D eigenvalue weighted by molar-refractivity contribution is -0.143. The molecule has 19 heavy (non-hydrogen) atoms. The van der Waals surface area contributed by atoms with Gasteiger partial charge in [0.1, 0.15) is 11.1 Å². The van der Waals surface area contributed by atoms with Crippen LogP contribution in [0.1, 0.15) is 59.3 Å². The van der Waals surface area contributed by atoms with E-state index in [1.54, 1.807) is 6.92 Å². The van der Waals surface area contributed by atoms with E-state index in [9.17, 15) is 10.1 Å². The molecule has 4 heteroatoms. The smallest absolute Gasteiger partial charge is 0.253 e. The predicted octanol–water partition coefficient (Wildman–Crippen LogP) is 2.78. The van der Waals surface area contributed by atoms with Gasteiger partial charge in [0.25, 0.3) is 5.91 Å². The molecular weight excluding hydrogens is 240 g/mol. The van der Waals surface area contributed by atoms with Crippen molar-refractivity contribution >= 4 is 5.91 Å². The highest BCUT2D eigenvalue weighted by Crippen LogP contribution is 2.34. The summed E-state index contributed by atoms with van der Waals surface area (Å²) in [5, 5.41) is 12.4. The first kappa shape index (κ1) is 16.0. The second kappa shape index (κ2) is 6.38. The molecule has 0 saturated heterocycles. The molecule has 1 saturated carbocycles. The van der Waals surface area contributed by atoms with Gasteiger partial charge in [-0.2, -0.15) is 5.26 Å². The molecule has 108 valence electrons. The first-order valence-electron chi connectivity index (χ1n) is 7.24. The summed E-state index contributed by atoms with van der Waals surface area (Å²) in [6, 6.07) is 2.33. The molecule has 0 aliphatic heterocycles. The number of hydrogen-bond acceptors (Lipinski definition) is 3. The summed E-state index contributed by atoms with van der Waals surface area (Å²) < 4.78 is 5.30. The first-order chi connectivity index (χ1) is 8.95. The second-order valence-corrected chi connectivity index (χ2v) is 5.79. The van der Waals surface area contributed by atoms with Gasteiger partial charge in [-0.1, -0.05) is 20.3 Å². The van der Waals surface area contributed by atoms with Gasteiger partial charge < -0.3 is 10.1 Å². The van der Waals surface area contributed by atoms with Crippen molar-refractivity contribution in [2.45, 2.75) is 70.4 Å². The van der Waals surface area contributed by atoms with Crippen LogP contribution in [0.3, 0.4) is 0 Å². The lowest BCUT2D eigenvalue weighted by Crippen LogP contribution is -2.56. The number of methoxy groups -OCH3 is 1. The third-order valence-corrected chi connectivity index (χ3v) is 4.71. The zero-order valence-electron chi connectivity index (χ0n) is 12.6. The van der Waals surface area contributed by atoms with Crippen molar-refractivity contribution in [1.29, 1.82) is 5.26 Å². The van der Waals surface area contributed by atoms with E-state index in [2.05, 4.69) is 18.3 Å². The number of carbonyl (C=O) groups is 1. The fraction of sp³-hybridized carbons (Fsp3) is 0.867. The summed E-state index contributed by atoms with van der Waals surface area (Å²) >= 11 is 0. The van der Waals surface area contributed by atoms with Crippen LogP contribution in [0.5, 0.6) is 0 Å². The van der Waals surface area contributed by atoms with Gasteiger partial charge in [-0.25, -0.2) is 0 Å². The quantitative estimate of drug-likeness (QED) is 0.832. The van der Waals surface area contributed by atoms with Gasteiger partial charge in [0.05, 0.1) is 6.07 Å². The van der Waals surface area contributed by atoms with E-state index in [4.69, 9.17) is 4.74 Å². The van der Waals surface area contributed by atoms with Gasteiger partial charge in [-0.05, 0) is 44.9 Å². The zero-order chi connectivity index (χ0) is 14.5. The average Bonchev–Trinajstić information content (AvgIpc) is 2.47. The minimum atomic E-state index is -0.842. The maximum atomic E-state index is 12.3. The maximum Gasteiger partial charge on any atom is 0.253 e. The van der Waals surface area contributed by atoms with E-state index < -0.39 is 11.1 Å². The Morgan fingerprint density at radius 3 is 2.42 bits per heavy atom. The second-order valence-electron chi connectivity index (χ2n) is 5.79. The van der Waals surface area contributed by atoms with Crippen molar-refractivity contribution in [3.05, 3.63) is 0 Å². The number of amides is 1. The molecule has 0 aromatic carbocycles. The minimum Gasteiger partial charge on any atom is -0.369 e. The van der Waals surface area contributed by atoms with Crippen molar-refractivity contribution in [2.24, 2.45) is 5.92 Å². The van der Waals surface area contributed by atoms with Gasteiger partial charge in [0.15, 0.2) is 0 Å². The third-order valence-electron chi connectivity index (χ3n) is 4.71. The van der Waals surface area contributed by atoms with Gasteiger partial charge in [0.2, 0.25) is 0 Å². The van der Waals surface area contributed by atoms with E-state index in [1.165, 1.54) is 7.11 Å². The number of nitrogens with one attached hydrogen (secondary N) is 1. The van der Waals surface area contributed by atoms with Crippen LogP contribution in [-0.2, 0) is 9.53 Å². The SMILES string of the molecule is CCC1CCC(C#N)(NC(=O)C(C)(CC)OC)CC1. The highest BCUT2D eigenvalue weighted by atomic mass is 16.5. The molecule has 0 bridgehead atoms. The topological polar surface area (TPSA) is 62.1 Å². The lowest BCUT2D eigenvalue weighted by atomic mass is 9.76. The number of nitrogens with zero attached hydrogens (tertiary/aromatic N) is 1. The molecule has 1 unspecified atom stereocenters. The number of nitriles is 1. The van der Waals surface area contributed by atoms with Crippen molar-refractivity contribution in [2.75, 3.05) is 7.11 Å². The lowest BCUT2D eigenvalue weighted by Gasteiger charge is -2.37. The van der Waals surface area contributed by atoms with Crippen molar-refractivity contribution in [1.82, 2.24) is 5.32 Å². The molecule has 1 amide bonds. The minimum absolute atomic E-state index is 0.172. The summed E-state index contributed by atoms with van der Waals surface area (Å²) in [5.74, 6) is 0.521. The van der Waals surface area contributed by atoms with Gasteiger partial charge in [-0.3, -0.25) is 4.79 Å². The van der Waals surface area contributed by atoms with E-state index >= 15 is 0 Å². The molecule has 1 atom stereocenters. The van der Waals surface area contributed by atoms with E-state index in [1.807, 2.05) is 6.92 Å². The molecule has 1 aliphatic rings. The summed E-state index contributed by atoms with van der Waals surface area (Å²) in [6.45, 7) is 5.86. The van der Waals surface area contributed by atoms with Crippen LogP contribution in [-0.4, -0.2) is 24.2 Å². The van der Waals surface area contributed by atoms with E-state index in [-0.39, 0.29) is 5.91 Å². The Morgan fingerprint density at radius 2 is 2.05 bits per heavy atom. The van der Waals surface area contributed by atoms with Crippen molar-refractivity contribution < 1.29 is 9.53 Å². The zero-order valence-corrected chi connectivity index (χ0v) is 12.6. The van der Waals surface area contributed by atoms with Gasteiger partial charge >= 0.3 is 0 Å². The molecule has 0 aromatic rings. The Hall–Kier alpha value is -1.08. The summed E-state index contributed by atoms with van der Waals surface area (Å²) in [5.41, 5.74) is -1.54. The molecule has 0 heterocycles. The largest absolute Gasteiger partial charge is 0.369 e. The Labute approximate surface area is 116 Å². The fourth-order valence-corrected chi connectivity index (χ4v) is 2.59. The Morgan fingerprint density at radius 1 is 1.47 bits per heavy atom. The molecular formula is C15H26N2O2. The van der Waals surface area contributed by atoms with E-state index in [0.29, 0.717) is 12.3 Å². The summed E-state index contributed by atoms with van der Waals surface area (Å²) in [6.07, 6.45) is 5.27. The maximum absolute atomic E-state index is 12.3. The number of ether oxygens (including phenoxy) is 1. The molecule has 1 N–H and O–H groups in total. The number of rotatable bonds is 5. The van der Waals surface area contributed by atoms with Crippen LogP contribution in [0.4, 0.5) is 0 Å². The van der Waals surface area contributed by atoms with Crippen molar-refractivity contribution in [3.8, 4) is 6.07 Å². The third kappa shape index (κ3) is 3.48. The Kier molecular flexibility index (Phi) is 5.37. The standard InChI is InChI=1S/C15H26N2O2/c1-5-12-7-9-15(11-16,10-8-12)17-13(18)14(3,6-2)19-4/h12H,5-10H2,1-4H3,(H,17,18). The molecule has 1 rings (SSSR count). The number of hydrogen-bond donors (Lipinski definition) is 1. The van der Waals surface area contributed by atoms with E-state index in [0.717, 1.165) is 32.1 Å². The van der Waals surface area contributed by atoms with Crippen molar-refractivity contribution in [3.63, 3.8) is 0 Å². The van der Waals surface area contributed by atoms with Crippen LogP contribution >= 0.6 is 0 Å². The van der Waals surface area contributed by atoms with Crippen LogP contribution < -0.4 is 5.32 Å². The average molecular weight is 266 g/mol. The van der Waals surface area contributed by atoms with Crippen LogP contribution in [0.25, 0.3) is 0 Å². The molecule has 1 fully saturated rings. The Bertz CT molecular complexity index is 348. The highest BCUT2D eigenvalue weighted by Gasteiger charge is 2.41. The molecule has 1 aliphatic carbocycles. The summed E-state index contributed by atoms with van der Waals surface area (Å²) in [7, 11) is 1.54. The Balaban J connectivity index is 2.73. The normalized spacial score (nSPS) is 30.2. The predicted molar refractivity (Wildman–Crippen MR) is 74.4 cm³/mol. The highest BCUT2D eigenvalue weighted by molar-refractivity contribution is 5.85. The van der Waals surface area contributed by atoms with Crippen LogP contribution in [0.2, 0.25) is 0 Å². The van der Waals surface area contributed by atoms with Gasteiger partial charge in [-0.15, -0.1) is 0 Å². The number of carbonyl (C=O) groups excluding carboxylic acids is 1. The molecule has 4 nitrogen and oxygen atoms in total. The molecule has 0 radical (unpaired) electrons. The monoisotopic (exact) mass is 266 g/mol. The summed E-state index contributed by atoms with van der Waals surface area (Å²) in [4.78, 5) is 12.3. The fourth-order valence-electron chi connectivity index (χ4n) is 2.59. The first-order valence-corrected chi connectivity index (χ1v) is 7.24.